The van der Waals surface area contributed by atoms with Gasteiger partial charge >= 0.3 is 6.18 Å². The molecular formula is C15H22ClF3N2. The topological polar surface area (TPSA) is 15.3 Å². The van der Waals surface area contributed by atoms with Crippen LogP contribution in [-0.4, -0.2) is 25.8 Å². The molecule has 0 saturated heterocycles. The van der Waals surface area contributed by atoms with Crippen LogP contribution in [0.1, 0.15) is 32.3 Å². The van der Waals surface area contributed by atoms with Gasteiger partial charge in [-0.1, -0.05) is 31.5 Å². The van der Waals surface area contributed by atoms with Gasteiger partial charge < -0.3 is 10.2 Å². The molecule has 1 aromatic rings. The largest absolute Gasteiger partial charge is 0.405 e. The average Bonchev–Trinajstić information content (AvgIpc) is 2.37. The molecule has 0 aliphatic heterocycles. The third kappa shape index (κ3) is 6.57. The monoisotopic (exact) mass is 322 g/mol. The van der Waals surface area contributed by atoms with Gasteiger partial charge in [-0.05, 0) is 37.1 Å². The van der Waals surface area contributed by atoms with Crippen molar-refractivity contribution in [3.05, 3.63) is 28.8 Å². The summed E-state index contributed by atoms with van der Waals surface area (Å²) in [7, 11) is 0. The van der Waals surface area contributed by atoms with Crippen LogP contribution in [0.4, 0.5) is 18.9 Å². The van der Waals surface area contributed by atoms with Gasteiger partial charge in [0.2, 0.25) is 0 Å². The Bertz CT molecular complexity index is 435. The highest BCUT2D eigenvalue weighted by Gasteiger charge is 2.31. The van der Waals surface area contributed by atoms with Gasteiger partial charge in [0.1, 0.15) is 6.54 Å². The lowest BCUT2D eigenvalue weighted by molar-refractivity contribution is -0.119. The Morgan fingerprint density at radius 3 is 2.43 bits per heavy atom. The maximum atomic E-state index is 12.6. The van der Waals surface area contributed by atoms with E-state index in [4.69, 9.17) is 11.6 Å². The zero-order valence-corrected chi connectivity index (χ0v) is 13.2. The third-order valence-electron chi connectivity index (χ3n) is 2.97. The lowest BCUT2D eigenvalue weighted by Gasteiger charge is -2.26. The second-order valence-electron chi connectivity index (χ2n) is 5.00. The number of alkyl halides is 3. The number of halogens is 4. The average molecular weight is 323 g/mol. The van der Waals surface area contributed by atoms with Gasteiger partial charge in [-0.25, -0.2) is 0 Å². The molecule has 0 fully saturated rings. The molecule has 1 aromatic carbocycles. The summed E-state index contributed by atoms with van der Waals surface area (Å²) in [6, 6.07) is 5.23. The zero-order valence-electron chi connectivity index (χ0n) is 12.4. The summed E-state index contributed by atoms with van der Waals surface area (Å²) in [6.45, 7) is 4.83. The van der Waals surface area contributed by atoms with Crippen LogP contribution in [0.25, 0.3) is 0 Å². The molecule has 0 spiro atoms. The molecule has 0 bridgehead atoms. The fraction of sp³-hybridized carbons (Fsp3) is 0.600. The first-order chi connectivity index (χ1) is 9.87. The van der Waals surface area contributed by atoms with Crippen molar-refractivity contribution < 1.29 is 13.2 Å². The fourth-order valence-electron chi connectivity index (χ4n) is 2.10. The smallest absolute Gasteiger partial charge is 0.361 e. The highest BCUT2D eigenvalue weighted by molar-refractivity contribution is 6.33. The van der Waals surface area contributed by atoms with Crippen LogP contribution in [0.15, 0.2) is 18.2 Å². The Morgan fingerprint density at radius 2 is 1.90 bits per heavy atom. The maximum Gasteiger partial charge on any atom is 0.405 e. The molecule has 0 heterocycles. The summed E-state index contributed by atoms with van der Waals surface area (Å²) < 4.78 is 37.9. The summed E-state index contributed by atoms with van der Waals surface area (Å²) in [4.78, 5) is 1.28. The van der Waals surface area contributed by atoms with Crippen molar-refractivity contribution >= 4 is 17.3 Å². The van der Waals surface area contributed by atoms with Crippen molar-refractivity contribution in [1.82, 2.24) is 5.32 Å². The van der Waals surface area contributed by atoms with Crippen LogP contribution in [-0.2, 0) is 6.54 Å². The summed E-state index contributed by atoms with van der Waals surface area (Å²) in [5, 5.41) is 3.60. The quantitative estimate of drug-likeness (QED) is 0.703. The second-order valence-corrected chi connectivity index (χ2v) is 5.41. The van der Waals surface area contributed by atoms with Gasteiger partial charge in [-0.2, -0.15) is 13.2 Å². The minimum absolute atomic E-state index is 0.326. The Morgan fingerprint density at radius 1 is 1.19 bits per heavy atom. The Hall–Kier alpha value is -0.940. The van der Waals surface area contributed by atoms with E-state index in [0.29, 0.717) is 30.2 Å². The molecule has 2 nitrogen and oxygen atoms in total. The van der Waals surface area contributed by atoms with Crippen LogP contribution in [0.2, 0.25) is 5.02 Å². The zero-order chi connectivity index (χ0) is 15.9. The van der Waals surface area contributed by atoms with Crippen LogP contribution in [0, 0.1) is 0 Å². The molecule has 120 valence electrons. The van der Waals surface area contributed by atoms with E-state index in [0.717, 1.165) is 18.5 Å². The Balaban J connectivity index is 2.84. The van der Waals surface area contributed by atoms with Gasteiger partial charge in [0, 0.05) is 13.1 Å². The molecule has 0 unspecified atom stereocenters. The van der Waals surface area contributed by atoms with E-state index in [2.05, 4.69) is 12.2 Å². The van der Waals surface area contributed by atoms with E-state index in [-0.39, 0.29) is 0 Å². The minimum atomic E-state index is -4.24. The molecule has 0 amide bonds. The van der Waals surface area contributed by atoms with Gasteiger partial charge in [0.25, 0.3) is 0 Å². The summed E-state index contributed by atoms with van der Waals surface area (Å²) in [5.41, 5.74) is 1.41. The Labute approximate surface area is 129 Å². The van der Waals surface area contributed by atoms with Gasteiger partial charge in [0.15, 0.2) is 0 Å². The van der Waals surface area contributed by atoms with Gasteiger partial charge in [-0.3, -0.25) is 0 Å². The lowest BCUT2D eigenvalue weighted by atomic mass is 10.2. The first-order valence-electron chi connectivity index (χ1n) is 7.18. The molecule has 0 aromatic heterocycles. The van der Waals surface area contributed by atoms with Crippen molar-refractivity contribution in [2.45, 2.75) is 39.4 Å². The Kier molecular flexibility index (Phi) is 7.32. The summed E-state index contributed by atoms with van der Waals surface area (Å²) >= 11 is 6.16. The van der Waals surface area contributed by atoms with Gasteiger partial charge in [0.05, 0.1) is 10.7 Å². The maximum absolute atomic E-state index is 12.6. The minimum Gasteiger partial charge on any atom is -0.361 e. The van der Waals surface area contributed by atoms with Crippen LogP contribution in [0.3, 0.4) is 0 Å². The fourth-order valence-corrected chi connectivity index (χ4v) is 2.42. The van der Waals surface area contributed by atoms with Crippen LogP contribution in [0.5, 0.6) is 0 Å². The molecule has 6 heteroatoms. The van der Waals surface area contributed by atoms with E-state index in [1.807, 2.05) is 13.0 Å². The van der Waals surface area contributed by atoms with Crippen molar-refractivity contribution in [3.8, 4) is 0 Å². The third-order valence-corrected chi connectivity index (χ3v) is 3.28. The highest BCUT2D eigenvalue weighted by atomic mass is 35.5. The second kappa shape index (κ2) is 8.49. The molecule has 0 radical (unpaired) electrons. The molecule has 0 atom stereocenters. The number of anilines is 1. The lowest BCUT2D eigenvalue weighted by Crippen LogP contribution is -2.35. The molecule has 1 rings (SSSR count). The van der Waals surface area contributed by atoms with Crippen LogP contribution >= 0.6 is 11.6 Å². The molecule has 0 aliphatic carbocycles. The molecule has 21 heavy (non-hydrogen) atoms. The number of nitrogens with zero attached hydrogens (tertiary/aromatic N) is 1. The summed E-state index contributed by atoms with van der Waals surface area (Å²) in [5.74, 6) is 0. The van der Waals surface area contributed by atoms with E-state index >= 15 is 0 Å². The predicted molar refractivity (Wildman–Crippen MR) is 82.0 cm³/mol. The molecule has 0 saturated carbocycles. The molecule has 0 aliphatic rings. The van der Waals surface area contributed by atoms with E-state index in [1.165, 1.54) is 4.90 Å². The number of hydrogen-bond acceptors (Lipinski definition) is 2. The van der Waals surface area contributed by atoms with Crippen molar-refractivity contribution in [2.75, 3.05) is 24.5 Å². The molecule has 1 N–H and O–H groups in total. The SMILES string of the molecule is CCCNCc1ccc(N(CCC)CC(F)(F)F)c(Cl)c1. The number of nitrogens with one attached hydrogen (secondary N) is 1. The van der Waals surface area contributed by atoms with Crippen molar-refractivity contribution in [3.63, 3.8) is 0 Å². The first-order valence-corrected chi connectivity index (χ1v) is 7.56. The first kappa shape index (κ1) is 18.1. The highest BCUT2D eigenvalue weighted by Crippen LogP contribution is 2.30. The van der Waals surface area contributed by atoms with E-state index < -0.39 is 12.7 Å². The summed E-state index contributed by atoms with van der Waals surface area (Å²) in [6.07, 6.45) is -2.58. The van der Waals surface area contributed by atoms with Crippen molar-refractivity contribution in [1.29, 1.82) is 0 Å². The number of benzene rings is 1. The predicted octanol–water partition coefficient (Wildman–Crippen LogP) is 4.62. The van der Waals surface area contributed by atoms with Crippen molar-refractivity contribution in [2.24, 2.45) is 0 Å². The van der Waals surface area contributed by atoms with Crippen LogP contribution < -0.4 is 10.2 Å². The van der Waals surface area contributed by atoms with E-state index in [1.54, 1.807) is 12.1 Å². The number of hydrogen-bond donors (Lipinski definition) is 1. The number of rotatable bonds is 8. The standard InChI is InChI=1S/C15H22ClF3N2/c1-3-7-20-10-12-5-6-14(13(16)9-12)21(8-4-2)11-15(17,18)19/h5-6,9,20H,3-4,7-8,10-11H2,1-2H3. The molecular weight excluding hydrogens is 301 g/mol. The van der Waals surface area contributed by atoms with E-state index in [9.17, 15) is 13.2 Å². The normalized spacial score (nSPS) is 11.7. The van der Waals surface area contributed by atoms with Gasteiger partial charge in [-0.15, -0.1) is 0 Å².